The topological polar surface area (TPSA) is 121 Å². The number of rotatable bonds is 7. The average Bonchev–Trinajstić information content (AvgIpc) is 2.94. The van der Waals surface area contributed by atoms with Crippen molar-refractivity contribution in [1.29, 1.82) is 0 Å². The van der Waals surface area contributed by atoms with Crippen molar-refractivity contribution in [3.63, 3.8) is 0 Å². The van der Waals surface area contributed by atoms with Crippen LogP contribution in [-0.2, 0) is 17.8 Å². The molecule has 0 atom stereocenters. The van der Waals surface area contributed by atoms with Crippen LogP contribution in [0.2, 0.25) is 0 Å². The van der Waals surface area contributed by atoms with Crippen LogP contribution in [0.25, 0.3) is 10.4 Å². The fourth-order valence-electron chi connectivity index (χ4n) is 1.84. The molecule has 1 aromatic heterocycles. The lowest BCUT2D eigenvalue weighted by Crippen LogP contribution is -2.01. The van der Waals surface area contributed by atoms with Crippen molar-refractivity contribution < 1.29 is 9.72 Å². The third kappa shape index (κ3) is 3.81. The highest BCUT2D eigenvalue weighted by molar-refractivity contribution is 7.10. The molecule has 2 aromatic rings. The van der Waals surface area contributed by atoms with Crippen LogP contribution >= 0.6 is 11.3 Å². The molecular weight excluding hydrogens is 306 g/mol. The van der Waals surface area contributed by atoms with Gasteiger partial charge in [0.25, 0.3) is 5.69 Å². The SMILES string of the molecule is [N-]=[N+]=Nc1ccc(NCc2cc(CC=O)cs2)c([N+](=O)[O-])c1. The first-order chi connectivity index (χ1) is 10.6. The minimum Gasteiger partial charge on any atom is -0.375 e. The molecule has 8 nitrogen and oxygen atoms in total. The molecule has 0 fully saturated rings. The predicted molar refractivity (Wildman–Crippen MR) is 83.3 cm³/mol. The van der Waals surface area contributed by atoms with E-state index < -0.39 is 4.92 Å². The van der Waals surface area contributed by atoms with Crippen molar-refractivity contribution in [2.75, 3.05) is 5.32 Å². The van der Waals surface area contributed by atoms with Gasteiger partial charge in [0.2, 0.25) is 0 Å². The Morgan fingerprint density at radius 1 is 1.45 bits per heavy atom. The van der Waals surface area contributed by atoms with Crippen molar-refractivity contribution >= 4 is 34.7 Å². The second kappa shape index (κ2) is 7.21. The lowest BCUT2D eigenvalue weighted by Gasteiger charge is -2.06. The third-order valence-corrected chi connectivity index (χ3v) is 3.80. The molecule has 22 heavy (non-hydrogen) atoms. The molecule has 0 aliphatic rings. The van der Waals surface area contributed by atoms with Crippen LogP contribution in [0.1, 0.15) is 10.4 Å². The van der Waals surface area contributed by atoms with Gasteiger partial charge in [0.15, 0.2) is 0 Å². The van der Waals surface area contributed by atoms with Gasteiger partial charge in [-0.1, -0.05) is 11.2 Å². The Kier molecular flexibility index (Phi) is 5.07. The summed E-state index contributed by atoms with van der Waals surface area (Å²) < 4.78 is 0. The lowest BCUT2D eigenvalue weighted by atomic mass is 10.2. The van der Waals surface area contributed by atoms with Crippen LogP contribution in [0.4, 0.5) is 17.1 Å². The van der Waals surface area contributed by atoms with Crippen LogP contribution in [-0.4, -0.2) is 11.2 Å². The molecule has 1 heterocycles. The summed E-state index contributed by atoms with van der Waals surface area (Å²) in [6.45, 7) is 0.408. The van der Waals surface area contributed by atoms with Gasteiger partial charge in [-0.15, -0.1) is 11.3 Å². The van der Waals surface area contributed by atoms with E-state index in [1.54, 1.807) is 0 Å². The number of carbonyl (C=O) groups excluding carboxylic acids is 1. The number of nitro groups is 1. The highest BCUT2D eigenvalue weighted by atomic mass is 32.1. The van der Waals surface area contributed by atoms with Crippen molar-refractivity contribution in [3.05, 3.63) is 60.6 Å². The zero-order valence-corrected chi connectivity index (χ0v) is 12.1. The zero-order valence-electron chi connectivity index (χ0n) is 11.3. The van der Waals surface area contributed by atoms with E-state index in [4.69, 9.17) is 5.53 Å². The first-order valence-electron chi connectivity index (χ1n) is 6.21. The monoisotopic (exact) mass is 317 g/mol. The minimum atomic E-state index is -0.537. The summed E-state index contributed by atoms with van der Waals surface area (Å²) in [5.41, 5.74) is 9.65. The van der Waals surface area contributed by atoms with E-state index in [1.165, 1.54) is 29.5 Å². The van der Waals surface area contributed by atoms with E-state index in [9.17, 15) is 14.9 Å². The minimum absolute atomic E-state index is 0.158. The number of aldehydes is 1. The first kappa shape index (κ1) is 15.5. The Labute approximate surface area is 129 Å². The summed E-state index contributed by atoms with van der Waals surface area (Å²) in [6, 6.07) is 6.10. The number of thiophene rings is 1. The number of hydrogen-bond donors (Lipinski definition) is 1. The van der Waals surface area contributed by atoms with Crippen LogP contribution in [0, 0.1) is 10.1 Å². The predicted octanol–water partition coefficient (Wildman–Crippen LogP) is 3.95. The van der Waals surface area contributed by atoms with E-state index in [1.807, 2.05) is 11.4 Å². The molecule has 0 bridgehead atoms. The number of nitro benzene ring substituents is 1. The molecule has 112 valence electrons. The van der Waals surface area contributed by atoms with E-state index in [2.05, 4.69) is 15.3 Å². The van der Waals surface area contributed by atoms with Crippen molar-refractivity contribution in [2.45, 2.75) is 13.0 Å². The van der Waals surface area contributed by atoms with E-state index >= 15 is 0 Å². The second-order valence-electron chi connectivity index (χ2n) is 4.29. The summed E-state index contributed by atoms with van der Waals surface area (Å²) in [5.74, 6) is 0. The lowest BCUT2D eigenvalue weighted by molar-refractivity contribution is -0.383. The number of carbonyl (C=O) groups is 1. The highest BCUT2D eigenvalue weighted by Gasteiger charge is 2.14. The van der Waals surface area contributed by atoms with Crippen LogP contribution in [0.3, 0.4) is 0 Å². The number of anilines is 1. The summed E-state index contributed by atoms with van der Waals surface area (Å²) in [5, 5.41) is 19.3. The van der Waals surface area contributed by atoms with E-state index in [-0.39, 0.29) is 11.4 Å². The van der Waals surface area contributed by atoms with Crippen LogP contribution in [0.5, 0.6) is 0 Å². The van der Waals surface area contributed by atoms with Gasteiger partial charge < -0.3 is 10.1 Å². The number of nitrogens with zero attached hydrogens (tertiary/aromatic N) is 4. The quantitative estimate of drug-likeness (QED) is 0.207. The van der Waals surface area contributed by atoms with E-state index in [0.717, 1.165) is 16.7 Å². The highest BCUT2D eigenvalue weighted by Crippen LogP contribution is 2.30. The van der Waals surface area contributed by atoms with Gasteiger partial charge in [-0.3, -0.25) is 10.1 Å². The van der Waals surface area contributed by atoms with Gasteiger partial charge in [-0.25, -0.2) is 0 Å². The Morgan fingerprint density at radius 3 is 2.95 bits per heavy atom. The molecule has 1 aromatic carbocycles. The maximum Gasteiger partial charge on any atom is 0.292 e. The normalized spacial score (nSPS) is 9.82. The molecule has 0 radical (unpaired) electrons. The summed E-state index contributed by atoms with van der Waals surface area (Å²) in [4.78, 5) is 24.6. The van der Waals surface area contributed by atoms with Gasteiger partial charge >= 0.3 is 0 Å². The maximum atomic E-state index is 11.1. The smallest absolute Gasteiger partial charge is 0.292 e. The Bertz CT molecular complexity index is 752. The van der Waals surface area contributed by atoms with Crippen LogP contribution < -0.4 is 5.32 Å². The molecule has 0 saturated heterocycles. The molecule has 0 amide bonds. The van der Waals surface area contributed by atoms with Crippen molar-refractivity contribution in [3.8, 4) is 0 Å². The Balaban J connectivity index is 2.15. The molecular formula is C13H11N5O3S. The van der Waals surface area contributed by atoms with Gasteiger partial charge in [0, 0.05) is 34.5 Å². The Hall–Kier alpha value is -2.90. The average molecular weight is 317 g/mol. The molecule has 0 unspecified atom stereocenters. The molecule has 1 N–H and O–H groups in total. The molecule has 9 heteroatoms. The number of hydrogen-bond acceptors (Lipinski definition) is 6. The van der Waals surface area contributed by atoms with Crippen LogP contribution in [0.15, 0.2) is 34.8 Å². The number of nitrogens with one attached hydrogen (secondary N) is 1. The molecule has 0 aliphatic carbocycles. The summed E-state index contributed by atoms with van der Waals surface area (Å²) in [7, 11) is 0. The fraction of sp³-hybridized carbons (Fsp3) is 0.154. The fourth-order valence-corrected chi connectivity index (χ4v) is 2.68. The molecule has 0 saturated carbocycles. The second-order valence-corrected chi connectivity index (χ2v) is 5.29. The summed E-state index contributed by atoms with van der Waals surface area (Å²) in [6.07, 6.45) is 1.19. The van der Waals surface area contributed by atoms with Gasteiger partial charge in [-0.2, -0.15) is 0 Å². The molecule has 0 aliphatic heterocycles. The molecule has 2 rings (SSSR count). The molecule has 0 spiro atoms. The van der Waals surface area contributed by atoms with Gasteiger partial charge in [-0.05, 0) is 28.6 Å². The van der Waals surface area contributed by atoms with Gasteiger partial charge in [0.05, 0.1) is 4.92 Å². The van der Waals surface area contributed by atoms with Gasteiger partial charge in [0.1, 0.15) is 12.0 Å². The zero-order chi connectivity index (χ0) is 15.9. The van der Waals surface area contributed by atoms with E-state index in [0.29, 0.717) is 18.7 Å². The summed E-state index contributed by atoms with van der Waals surface area (Å²) >= 11 is 1.48. The standard InChI is InChI=1S/C13H11N5O3S/c14-17-16-10-1-2-12(13(6-10)18(20)21)15-7-11-5-9(3-4-19)8-22-11/h1-2,4-6,8,15H,3,7H2. The van der Waals surface area contributed by atoms with Crippen molar-refractivity contribution in [2.24, 2.45) is 5.11 Å². The largest absolute Gasteiger partial charge is 0.375 e. The number of benzene rings is 1. The van der Waals surface area contributed by atoms with Crippen molar-refractivity contribution in [1.82, 2.24) is 0 Å². The third-order valence-electron chi connectivity index (χ3n) is 2.82. The Morgan fingerprint density at radius 2 is 2.27 bits per heavy atom. The number of azide groups is 1. The maximum absolute atomic E-state index is 11.1. The first-order valence-corrected chi connectivity index (χ1v) is 7.09.